The first-order valence-corrected chi connectivity index (χ1v) is 8.59. The average molecular weight is 357 g/mol. The molecule has 0 saturated carbocycles. The fourth-order valence-corrected chi connectivity index (χ4v) is 3.25. The molecule has 3 heterocycles. The Hall–Kier alpha value is -1.90. The topological polar surface area (TPSA) is 61.4 Å². The molecule has 1 amide bonds. The predicted molar refractivity (Wildman–Crippen MR) is 86.1 cm³/mol. The summed E-state index contributed by atoms with van der Waals surface area (Å²) in [6, 6.07) is 0.450. The van der Waals surface area contributed by atoms with Crippen LogP contribution in [0.15, 0.2) is 12.4 Å². The minimum Gasteiger partial charge on any atom is -0.339 e. The van der Waals surface area contributed by atoms with Gasteiger partial charge in [-0.05, 0) is 25.8 Å². The zero-order valence-electron chi connectivity index (χ0n) is 13.9. The van der Waals surface area contributed by atoms with Gasteiger partial charge in [-0.15, -0.1) is 0 Å². The molecule has 0 bridgehead atoms. The number of carbonyl (C=O) groups is 1. The Bertz CT molecular complexity index is 578. The summed E-state index contributed by atoms with van der Waals surface area (Å²) in [5.41, 5.74) is -0.856. The summed E-state index contributed by atoms with van der Waals surface area (Å²) in [6.45, 7) is 3.17. The fraction of sp³-hybridized carbons (Fsp3) is 0.688. The summed E-state index contributed by atoms with van der Waals surface area (Å²) < 4.78 is 37.6. The number of anilines is 1. The van der Waals surface area contributed by atoms with E-state index < -0.39 is 11.7 Å². The molecule has 9 heteroatoms. The molecule has 1 atom stereocenters. The van der Waals surface area contributed by atoms with E-state index in [0.717, 1.165) is 31.8 Å². The van der Waals surface area contributed by atoms with E-state index in [2.05, 4.69) is 15.3 Å². The van der Waals surface area contributed by atoms with Gasteiger partial charge in [0.2, 0.25) is 11.9 Å². The Morgan fingerprint density at radius 2 is 1.88 bits per heavy atom. The Kier molecular flexibility index (Phi) is 5.41. The Morgan fingerprint density at radius 3 is 2.44 bits per heavy atom. The van der Waals surface area contributed by atoms with Crippen LogP contribution < -0.4 is 10.2 Å². The molecule has 25 heavy (non-hydrogen) atoms. The first kappa shape index (κ1) is 17.9. The highest BCUT2D eigenvalue weighted by atomic mass is 19.4. The number of nitrogens with zero attached hydrogens (tertiary/aromatic N) is 4. The van der Waals surface area contributed by atoms with E-state index in [9.17, 15) is 18.0 Å². The summed E-state index contributed by atoms with van der Waals surface area (Å²) in [4.78, 5) is 23.5. The Morgan fingerprint density at radius 1 is 1.20 bits per heavy atom. The molecule has 0 spiro atoms. The lowest BCUT2D eigenvalue weighted by atomic mass is 10.1. The van der Waals surface area contributed by atoms with E-state index >= 15 is 0 Å². The molecule has 2 aliphatic heterocycles. The Balaban J connectivity index is 1.47. The highest BCUT2D eigenvalue weighted by Gasteiger charge is 2.32. The van der Waals surface area contributed by atoms with Crippen molar-refractivity contribution in [3.05, 3.63) is 18.0 Å². The van der Waals surface area contributed by atoms with Gasteiger partial charge in [0, 0.05) is 51.0 Å². The van der Waals surface area contributed by atoms with Gasteiger partial charge in [-0.2, -0.15) is 13.2 Å². The second kappa shape index (κ2) is 7.55. The van der Waals surface area contributed by atoms with Crippen molar-refractivity contribution in [2.75, 3.05) is 37.6 Å². The molecule has 1 unspecified atom stereocenters. The molecule has 1 aromatic rings. The van der Waals surface area contributed by atoms with Crippen molar-refractivity contribution in [2.45, 2.75) is 37.9 Å². The zero-order chi connectivity index (χ0) is 17.9. The number of piperazine rings is 1. The minimum atomic E-state index is -4.43. The first-order valence-electron chi connectivity index (χ1n) is 8.59. The fourth-order valence-electron chi connectivity index (χ4n) is 3.25. The maximum atomic E-state index is 12.5. The van der Waals surface area contributed by atoms with E-state index in [0.29, 0.717) is 38.6 Å². The summed E-state index contributed by atoms with van der Waals surface area (Å²) in [5.74, 6) is 0.414. The zero-order valence-corrected chi connectivity index (χ0v) is 13.9. The van der Waals surface area contributed by atoms with Crippen LogP contribution in [0, 0.1) is 0 Å². The van der Waals surface area contributed by atoms with Gasteiger partial charge in [0.15, 0.2) is 0 Å². The highest BCUT2D eigenvalue weighted by molar-refractivity contribution is 5.76. The van der Waals surface area contributed by atoms with Crippen LogP contribution in [-0.4, -0.2) is 59.5 Å². The third-order valence-corrected chi connectivity index (χ3v) is 4.75. The van der Waals surface area contributed by atoms with Crippen LogP contribution in [0.25, 0.3) is 0 Å². The number of carbonyl (C=O) groups excluding carboxylic acids is 1. The SMILES string of the molecule is O=C(CCC1CCCN1)N1CCN(c2ncc(C(F)(F)F)cn2)CC1. The number of hydrogen-bond acceptors (Lipinski definition) is 5. The van der Waals surface area contributed by atoms with Crippen molar-refractivity contribution in [1.82, 2.24) is 20.2 Å². The van der Waals surface area contributed by atoms with Crippen LogP contribution in [0.5, 0.6) is 0 Å². The van der Waals surface area contributed by atoms with Crippen LogP contribution in [-0.2, 0) is 11.0 Å². The van der Waals surface area contributed by atoms with E-state index in [1.54, 1.807) is 0 Å². The van der Waals surface area contributed by atoms with Gasteiger partial charge in [-0.25, -0.2) is 9.97 Å². The molecule has 138 valence electrons. The van der Waals surface area contributed by atoms with Crippen LogP contribution in [0.3, 0.4) is 0 Å². The van der Waals surface area contributed by atoms with E-state index in [1.165, 1.54) is 6.42 Å². The van der Waals surface area contributed by atoms with Crippen LogP contribution in [0.4, 0.5) is 19.1 Å². The van der Waals surface area contributed by atoms with Crippen LogP contribution in [0.1, 0.15) is 31.2 Å². The third kappa shape index (κ3) is 4.59. The number of hydrogen-bond donors (Lipinski definition) is 1. The monoisotopic (exact) mass is 357 g/mol. The van der Waals surface area contributed by atoms with E-state index in [4.69, 9.17) is 0 Å². The Labute approximate surface area is 144 Å². The van der Waals surface area contributed by atoms with Crippen molar-refractivity contribution < 1.29 is 18.0 Å². The third-order valence-electron chi connectivity index (χ3n) is 4.75. The molecule has 3 rings (SSSR count). The standard InChI is InChI=1S/C16H22F3N5O/c17-16(18,19)12-10-21-15(22-11-12)24-8-6-23(7-9-24)14(25)4-3-13-2-1-5-20-13/h10-11,13,20H,1-9H2. The van der Waals surface area contributed by atoms with Gasteiger partial charge in [0.05, 0.1) is 5.56 Å². The normalized spacial score (nSPS) is 21.6. The molecule has 6 nitrogen and oxygen atoms in total. The molecule has 0 aromatic carbocycles. The number of aromatic nitrogens is 2. The van der Waals surface area contributed by atoms with Gasteiger partial charge in [0.25, 0.3) is 0 Å². The number of nitrogens with one attached hydrogen (secondary N) is 1. The summed E-state index contributed by atoms with van der Waals surface area (Å²) in [7, 11) is 0. The van der Waals surface area contributed by atoms with Gasteiger partial charge in [-0.1, -0.05) is 0 Å². The second-order valence-electron chi connectivity index (χ2n) is 6.47. The van der Waals surface area contributed by atoms with Gasteiger partial charge >= 0.3 is 6.18 Å². The van der Waals surface area contributed by atoms with Crippen LogP contribution in [0.2, 0.25) is 0 Å². The highest BCUT2D eigenvalue weighted by Crippen LogP contribution is 2.28. The number of amides is 1. The van der Waals surface area contributed by atoms with Crippen molar-refractivity contribution in [3.8, 4) is 0 Å². The molecule has 2 fully saturated rings. The minimum absolute atomic E-state index is 0.140. The van der Waals surface area contributed by atoms with Crippen molar-refractivity contribution in [1.29, 1.82) is 0 Å². The molecule has 0 aliphatic carbocycles. The predicted octanol–water partition coefficient (Wildman–Crippen LogP) is 1.68. The molecular weight excluding hydrogens is 335 g/mol. The summed E-state index contributed by atoms with van der Waals surface area (Å²) in [6.07, 6.45) is 0.868. The molecular formula is C16H22F3N5O. The second-order valence-corrected chi connectivity index (χ2v) is 6.47. The largest absolute Gasteiger partial charge is 0.419 e. The van der Waals surface area contributed by atoms with Gasteiger partial charge in [-0.3, -0.25) is 4.79 Å². The number of halogens is 3. The maximum Gasteiger partial charge on any atom is 0.419 e. The molecule has 1 aromatic heterocycles. The average Bonchev–Trinajstić information content (AvgIpc) is 3.13. The number of rotatable bonds is 4. The van der Waals surface area contributed by atoms with Crippen molar-refractivity contribution in [2.24, 2.45) is 0 Å². The first-order chi connectivity index (χ1) is 11.9. The maximum absolute atomic E-state index is 12.5. The van der Waals surface area contributed by atoms with Crippen molar-refractivity contribution in [3.63, 3.8) is 0 Å². The lowest BCUT2D eigenvalue weighted by molar-refractivity contribution is -0.138. The lowest BCUT2D eigenvalue weighted by Crippen LogP contribution is -2.49. The molecule has 2 saturated heterocycles. The van der Waals surface area contributed by atoms with E-state index in [-0.39, 0.29) is 11.9 Å². The number of alkyl halides is 3. The van der Waals surface area contributed by atoms with Gasteiger partial charge < -0.3 is 15.1 Å². The van der Waals surface area contributed by atoms with Crippen molar-refractivity contribution >= 4 is 11.9 Å². The summed E-state index contributed by atoms with van der Waals surface area (Å²) >= 11 is 0. The molecule has 0 radical (unpaired) electrons. The summed E-state index contributed by atoms with van der Waals surface area (Å²) in [5, 5.41) is 3.38. The lowest BCUT2D eigenvalue weighted by Gasteiger charge is -2.35. The molecule has 2 aliphatic rings. The smallest absolute Gasteiger partial charge is 0.339 e. The molecule has 1 N–H and O–H groups in total. The quantitative estimate of drug-likeness (QED) is 0.888. The van der Waals surface area contributed by atoms with Crippen LogP contribution >= 0.6 is 0 Å². The van der Waals surface area contributed by atoms with Gasteiger partial charge in [0.1, 0.15) is 0 Å². The van der Waals surface area contributed by atoms with E-state index in [1.807, 2.05) is 9.80 Å².